The molecule has 1 nitrogen and oxygen atoms in total. The number of benzene rings is 1. The van der Waals surface area contributed by atoms with Crippen LogP contribution in [0.25, 0.3) is 0 Å². The van der Waals surface area contributed by atoms with Gasteiger partial charge in [0.05, 0.1) is 6.61 Å². The van der Waals surface area contributed by atoms with Gasteiger partial charge in [-0.05, 0) is 6.42 Å². The fraction of sp³-hybridized carbons (Fsp3) is 0.455. The van der Waals surface area contributed by atoms with Crippen LogP contribution in [0.4, 0.5) is 0 Å². The van der Waals surface area contributed by atoms with E-state index >= 15 is 0 Å². The molecule has 0 fully saturated rings. The third kappa shape index (κ3) is 5.88. The van der Waals surface area contributed by atoms with E-state index in [0.29, 0.717) is 0 Å². The first-order chi connectivity index (χ1) is 5.84. The number of unbranched alkanes of at least 4 members (excludes halogenated alkanes) is 1. The van der Waals surface area contributed by atoms with E-state index in [1.807, 2.05) is 25.1 Å². The predicted molar refractivity (Wildman–Crippen MR) is 56.2 cm³/mol. The van der Waals surface area contributed by atoms with Crippen LogP contribution in [-0.2, 0) is 0 Å². The van der Waals surface area contributed by atoms with Gasteiger partial charge in [0.2, 0.25) is 0 Å². The molecule has 0 bridgehead atoms. The molecular weight excluding hydrogens is 252 g/mol. The molecule has 1 aromatic rings. The zero-order valence-corrected chi connectivity index (χ0v) is 11.8. The van der Waals surface area contributed by atoms with Gasteiger partial charge >= 0.3 is 23.1 Å². The van der Waals surface area contributed by atoms with E-state index in [9.17, 15) is 0 Å². The van der Waals surface area contributed by atoms with E-state index in [1.54, 1.807) is 0 Å². The van der Waals surface area contributed by atoms with E-state index in [4.69, 9.17) is 4.74 Å². The predicted octanol–water partition coefficient (Wildman–Crippen LogP) is -0.403. The van der Waals surface area contributed by atoms with Crippen molar-refractivity contribution in [3.8, 4) is 5.75 Å². The Kier molecular flexibility index (Phi) is 11.7. The van der Waals surface area contributed by atoms with Crippen molar-refractivity contribution in [2.75, 3.05) is 6.61 Å². The first-order valence-corrected chi connectivity index (χ1v) is 4.44. The summed E-state index contributed by atoms with van der Waals surface area (Å²) in [6, 6.07) is 8.97. The minimum Gasteiger partial charge on any atom is -1.00 e. The SMILES string of the molecule is CCCCOc1[c-]cccc1C.[Br-].[Mg+2]. The molecule has 0 aliphatic rings. The monoisotopic (exact) mass is 266 g/mol. The van der Waals surface area contributed by atoms with Crippen molar-refractivity contribution < 1.29 is 21.7 Å². The number of rotatable bonds is 4. The summed E-state index contributed by atoms with van der Waals surface area (Å²) in [7, 11) is 0. The van der Waals surface area contributed by atoms with Gasteiger partial charge in [-0.2, -0.15) is 18.2 Å². The van der Waals surface area contributed by atoms with Crippen LogP contribution in [0.5, 0.6) is 5.75 Å². The summed E-state index contributed by atoms with van der Waals surface area (Å²) >= 11 is 0. The molecule has 0 aromatic heterocycles. The van der Waals surface area contributed by atoms with Crippen LogP contribution in [-0.4, -0.2) is 29.7 Å². The number of hydrogen-bond donors (Lipinski definition) is 0. The second-order valence-corrected chi connectivity index (χ2v) is 2.88. The quantitative estimate of drug-likeness (QED) is 0.410. The van der Waals surface area contributed by atoms with Gasteiger partial charge in [-0.15, -0.1) is 11.6 Å². The summed E-state index contributed by atoms with van der Waals surface area (Å²) < 4.78 is 5.52. The van der Waals surface area contributed by atoms with E-state index in [0.717, 1.165) is 24.3 Å². The molecule has 0 saturated carbocycles. The smallest absolute Gasteiger partial charge is 1.00 e. The molecule has 14 heavy (non-hydrogen) atoms. The number of ether oxygens (including phenoxy) is 1. The van der Waals surface area contributed by atoms with Crippen LogP contribution in [0.2, 0.25) is 0 Å². The maximum Gasteiger partial charge on any atom is 2.00 e. The van der Waals surface area contributed by atoms with Crippen LogP contribution >= 0.6 is 0 Å². The minimum absolute atomic E-state index is 0. The van der Waals surface area contributed by atoms with Gasteiger partial charge in [-0.1, -0.05) is 20.3 Å². The van der Waals surface area contributed by atoms with Crippen molar-refractivity contribution in [1.82, 2.24) is 0 Å². The molecule has 0 N–H and O–H groups in total. The first-order valence-electron chi connectivity index (χ1n) is 4.44. The Morgan fingerprint density at radius 2 is 2.14 bits per heavy atom. The van der Waals surface area contributed by atoms with E-state index in [2.05, 4.69) is 13.0 Å². The Balaban J connectivity index is 0. The Labute approximate surface area is 113 Å². The molecule has 0 unspecified atom stereocenters. The molecule has 74 valence electrons. The summed E-state index contributed by atoms with van der Waals surface area (Å²) in [5, 5.41) is 0. The Morgan fingerprint density at radius 3 is 2.71 bits per heavy atom. The van der Waals surface area contributed by atoms with Gasteiger partial charge in [0.25, 0.3) is 0 Å². The van der Waals surface area contributed by atoms with Crippen molar-refractivity contribution >= 4 is 23.1 Å². The number of halogens is 1. The molecule has 0 aliphatic carbocycles. The summed E-state index contributed by atoms with van der Waals surface area (Å²) in [6.45, 7) is 5.00. The average Bonchev–Trinajstić information content (AvgIpc) is 2.09. The fourth-order valence-electron chi connectivity index (χ4n) is 0.980. The van der Waals surface area contributed by atoms with Crippen LogP contribution in [0, 0.1) is 13.0 Å². The maximum atomic E-state index is 5.52. The van der Waals surface area contributed by atoms with Gasteiger partial charge in [0.1, 0.15) is 0 Å². The average molecular weight is 267 g/mol. The fourth-order valence-corrected chi connectivity index (χ4v) is 0.980. The van der Waals surface area contributed by atoms with Crippen LogP contribution in [0.15, 0.2) is 18.2 Å². The molecule has 3 heteroatoms. The van der Waals surface area contributed by atoms with Crippen molar-refractivity contribution in [1.29, 1.82) is 0 Å². The van der Waals surface area contributed by atoms with Gasteiger partial charge in [0, 0.05) is 5.75 Å². The van der Waals surface area contributed by atoms with Crippen molar-refractivity contribution in [2.45, 2.75) is 26.7 Å². The molecule has 0 atom stereocenters. The third-order valence-electron chi connectivity index (χ3n) is 1.76. The molecule has 0 radical (unpaired) electrons. The molecule has 0 aliphatic heterocycles. The van der Waals surface area contributed by atoms with Crippen molar-refractivity contribution in [2.24, 2.45) is 0 Å². The van der Waals surface area contributed by atoms with Gasteiger partial charge in [-0.25, -0.2) is 0 Å². The number of aryl methyl sites for hydroxylation is 1. The second-order valence-electron chi connectivity index (χ2n) is 2.88. The largest absolute Gasteiger partial charge is 2.00 e. The summed E-state index contributed by atoms with van der Waals surface area (Å²) in [4.78, 5) is 0. The Bertz CT molecular complexity index is 240. The minimum atomic E-state index is 0. The zero-order chi connectivity index (χ0) is 8.81. The molecule has 0 heterocycles. The number of hydrogen-bond acceptors (Lipinski definition) is 1. The molecular formula is C11H15BrMgO. The zero-order valence-electron chi connectivity index (χ0n) is 8.85. The number of para-hydroxylation sites is 1. The summed E-state index contributed by atoms with van der Waals surface area (Å²) in [5.74, 6) is 0.894. The van der Waals surface area contributed by atoms with E-state index in [-0.39, 0.29) is 40.0 Å². The third-order valence-corrected chi connectivity index (χ3v) is 1.76. The van der Waals surface area contributed by atoms with Crippen LogP contribution in [0.3, 0.4) is 0 Å². The standard InChI is InChI=1S/C11H15O.BrH.Mg/c1-3-4-9-12-11-8-6-5-7-10(11)2;;/h5-7H,3-4,9H2,1-2H3;1H;/q-1;;+2/p-1. The molecule has 0 spiro atoms. The Morgan fingerprint density at radius 1 is 1.43 bits per heavy atom. The molecule has 0 amide bonds. The normalized spacial score (nSPS) is 8.43. The molecule has 0 saturated heterocycles. The summed E-state index contributed by atoms with van der Waals surface area (Å²) in [5.41, 5.74) is 1.16. The molecule has 1 aromatic carbocycles. The maximum absolute atomic E-state index is 5.52. The molecule has 1 rings (SSSR count). The first kappa shape index (κ1) is 16.7. The van der Waals surface area contributed by atoms with Crippen LogP contribution < -0.4 is 21.7 Å². The van der Waals surface area contributed by atoms with Crippen LogP contribution in [0.1, 0.15) is 25.3 Å². The van der Waals surface area contributed by atoms with E-state index < -0.39 is 0 Å². The Hall–Kier alpha value is 0.266. The van der Waals surface area contributed by atoms with Gasteiger partial charge in [-0.3, -0.25) is 0 Å². The summed E-state index contributed by atoms with van der Waals surface area (Å²) in [6.07, 6.45) is 2.29. The van der Waals surface area contributed by atoms with Gasteiger partial charge in [0.15, 0.2) is 0 Å². The van der Waals surface area contributed by atoms with Gasteiger partial charge < -0.3 is 21.7 Å². The topological polar surface area (TPSA) is 9.23 Å². The van der Waals surface area contributed by atoms with Crippen molar-refractivity contribution in [3.05, 3.63) is 29.8 Å². The van der Waals surface area contributed by atoms with E-state index in [1.165, 1.54) is 6.42 Å². The van der Waals surface area contributed by atoms with Crippen molar-refractivity contribution in [3.63, 3.8) is 0 Å². The second kappa shape index (κ2) is 9.81.